The molecule has 2 N–H and O–H groups in total. The van der Waals surface area contributed by atoms with E-state index in [0.717, 1.165) is 24.2 Å². The van der Waals surface area contributed by atoms with Crippen molar-refractivity contribution in [3.63, 3.8) is 0 Å². The number of nitrogens with zero attached hydrogens (tertiary/aromatic N) is 2. The molecule has 0 amide bonds. The molecule has 3 nitrogen and oxygen atoms in total. The molecule has 2 fully saturated rings. The van der Waals surface area contributed by atoms with Crippen molar-refractivity contribution in [1.82, 2.24) is 9.80 Å². The monoisotopic (exact) mass is 307 g/mol. The Bertz CT molecular complexity index is 460. The zero-order valence-electron chi connectivity index (χ0n) is 12.8. The first-order chi connectivity index (χ1) is 10.1. The molecule has 2 heterocycles. The van der Waals surface area contributed by atoms with Crippen molar-refractivity contribution in [3.8, 4) is 0 Å². The van der Waals surface area contributed by atoms with Crippen LogP contribution in [0.3, 0.4) is 0 Å². The van der Waals surface area contributed by atoms with Crippen LogP contribution < -0.4 is 5.73 Å². The molecule has 3 unspecified atom stereocenters. The van der Waals surface area contributed by atoms with Crippen LogP contribution in [-0.2, 0) is 0 Å². The zero-order chi connectivity index (χ0) is 14.8. The number of fused-ring (bicyclic) bond motifs is 1. The van der Waals surface area contributed by atoms with Gasteiger partial charge in [0.05, 0.1) is 0 Å². The van der Waals surface area contributed by atoms with Crippen molar-refractivity contribution in [2.24, 2.45) is 5.73 Å². The van der Waals surface area contributed by atoms with Crippen molar-refractivity contribution in [1.29, 1.82) is 0 Å². The molecule has 1 aromatic rings. The highest BCUT2D eigenvalue weighted by atomic mass is 35.5. The lowest BCUT2D eigenvalue weighted by Gasteiger charge is -2.35. The van der Waals surface area contributed by atoms with Gasteiger partial charge in [-0.3, -0.25) is 9.80 Å². The van der Waals surface area contributed by atoms with E-state index in [2.05, 4.69) is 28.9 Å². The fraction of sp³-hybridized carbons (Fsp3) is 0.647. The molecule has 3 rings (SSSR count). The molecule has 0 aliphatic carbocycles. The van der Waals surface area contributed by atoms with Gasteiger partial charge in [-0.2, -0.15) is 0 Å². The maximum Gasteiger partial charge on any atom is 0.0497 e. The normalized spacial score (nSPS) is 27.1. The van der Waals surface area contributed by atoms with Crippen molar-refractivity contribution in [3.05, 3.63) is 34.9 Å². The van der Waals surface area contributed by atoms with Crippen molar-refractivity contribution in [2.75, 3.05) is 26.2 Å². The third-order valence-electron chi connectivity index (χ3n) is 4.94. The van der Waals surface area contributed by atoms with Gasteiger partial charge in [0, 0.05) is 36.2 Å². The van der Waals surface area contributed by atoms with Crippen molar-refractivity contribution >= 4 is 11.6 Å². The van der Waals surface area contributed by atoms with E-state index < -0.39 is 0 Å². The van der Waals surface area contributed by atoms with Crippen LogP contribution in [0.15, 0.2) is 24.3 Å². The fourth-order valence-electron chi connectivity index (χ4n) is 3.99. The van der Waals surface area contributed by atoms with E-state index in [-0.39, 0.29) is 6.04 Å². The Morgan fingerprint density at radius 1 is 1.14 bits per heavy atom. The van der Waals surface area contributed by atoms with Crippen LogP contribution in [0.4, 0.5) is 0 Å². The quantitative estimate of drug-likeness (QED) is 0.932. The molecule has 0 bridgehead atoms. The highest BCUT2D eigenvalue weighted by Gasteiger charge is 2.33. The first kappa shape index (κ1) is 15.3. The fourth-order valence-corrected chi connectivity index (χ4v) is 4.12. The summed E-state index contributed by atoms with van der Waals surface area (Å²) in [5, 5.41) is 0.792. The molecule has 2 saturated heterocycles. The predicted molar refractivity (Wildman–Crippen MR) is 88.6 cm³/mol. The number of benzene rings is 1. The number of halogens is 1. The summed E-state index contributed by atoms with van der Waals surface area (Å²) in [7, 11) is 0. The second-order valence-electron chi connectivity index (χ2n) is 6.54. The average molecular weight is 308 g/mol. The van der Waals surface area contributed by atoms with Gasteiger partial charge in [0.1, 0.15) is 0 Å². The Hall–Kier alpha value is -0.610. The molecule has 0 radical (unpaired) electrons. The summed E-state index contributed by atoms with van der Waals surface area (Å²) < 4.78 is 0. The summed E-state index contributed by atoms with van der Waals surface area (Å²) in [4.78, 5) is 5.27. The molecule has 4 heteroatoms. The minimum atomic E-state index is 0.124. The van der Waals surface area contributed by atoms with E-state index in [1.807, 2.05) is 12.1 Å². The van der Waals surface area contributed by atoms with Gasteiger partial charge in [-0.15, -0.1) is 0 Å². The van der Waals surface area contributed by atoms with Crippen molar-refractivity contribution in [2.45, 2.75) is 44.3 Å². The Morgan fingerprint density at radius 2 is 1.86 bits per heavy atom. The molecule has 1 aromatic carbocycles. The Kier molecular flexibility index (Phi) is 4.85. The lowest BCUT2D eigenvalue weighted by Crippen LogP contribution is -2.43. The number of hydrogen-bond donors (Lipinski definition) is 1. The summed E-state index contributed by atoms with van der Waals surface area (Å²) in [5.74, 6) is 0. The number of rotatable bonds is 3. The number of hydrogen-bond acceptors (Lipinski definition) is 3. The Balaban J connectivity index is 1.81. The molecule has 2 aliphatic heterocycles. The van der Waals surface area contributed by atoms with E-state index >= 15 is 0 Å². The van der Waals surface area contributed by atoms with Crippen LogP contribution in [0.25, 0.3) is 0 Å². The van der Waals surface area contributed by atoms with Crippen LogP contribution in [0.1, 0.15) is 37.8 Å². The van der Waals surface area contributed by atoms with E-state index in [0.29, 0.717) is 6.04 Å². The van der Waals surface area contributed by atoms with Crippen molar-refractivity contribution < 1.29 is 0 Å². The summed E-state index contributed by atoms with van der Waals surface area (Å²) >= 11 is 6.03. The van der Waals surface area contributed by atoms with Gasteiger partial charge >= 0.3 is 0 Å². The van der Waals surface area contributed by atoms with Gasteiger partial charge in [-0.1, -0.05) is 23.7 Å². The minimum absolute atomic E-state index is 0.124. The first-order valence-electron chi connectivity index (χ1n) is 8.14. The number of nitrogens with two attached hydrogens (primary N) is 1. The van der Waals surface area contributed by atoms with E-state index in [1.165, 1.54) is 37.9 Å². The van der Waals surface area contributed by atoms with E-state index in [1.54, 1.807) is 0 Å². The SMILES string of the molecule is CC(N)C(c1ccc(Cl)cc1)N1CCCN2CCCC2C1. The average Bonchev–Trinajstić information content (AvgIpc) is 2.79. The standard InChI is InChI=1S/C17H26ClN3/c1-13(19)17(14-5-7-15(18)8-6-14)21-11-3-10-20-9-2-4-16(20)12-21/h5-8,13,16-17H,2-4,9-12,19H2,1H3. The molecule has 2 aliphatic rings. The molecular formula is C17H26ClN3. The molecule has 3 atom stereocenters. The van der Waals surface area contributed by atoms with E-state index in [4.69, 9.17) is 17.3 Å². The molecule has 0 saturated carbocycles. The van der Waals surface area contributed by atoms with Gasteiger partial charge in [0.15, 0.2) is 0 Å². The lowest BCUT2D eigenvalue weighted by atomic mass is 9.98. The first-order valence-corrected chi connectivity index (χ1v) is 8.52. The molecular weight excluding hydrogens is 282 g/mol. The van der Waals surface area contributed by atoms with E-state index in [9.17, 15) is 0 Å². The second kappa shape index (κ2) is 6.66. The molecule has 0 spiro atoms. The maximum absolute atomic E-state index is 6.34. The maximum atomic E-state index is 6.34. The van der Waals surface area contributed by atoms with Crippen LogP contribution in [0.2, 0.25) is 5.02 Å². The third-order valence-corrected chi connectivity index (χ3v) is 5.19. The predicted octanol–water partition coefficient (Wildman–Crippen LogP) is 2.90. The Morgan fingerprint density at radius 3 is 2.57 bits per heavy atom. The van der Waals surface area contributed by atoms with Gasteiger partial charge < -0.3 is 5.73 Å². The highest BCUT2D eigenvalue weighted by Crippen LogP contribution is 2.29. The van der Waals surface area contributed by atoms with Crippen LogP contribution in [0.5, 0.6) is 0 Å². The summed E-state index contributed by atoms with van der Waals surface area (Å²) in [6.45, 7) is 6.93. The highest BCUT2D eigenvalue weighted by molar-refractivity contribution is 6.30. The zero-order valence-corrected chi connectivity index (χ0v) is 13.6. The summed E-state index contributed by atoms with van der Waals surface area (Å²) in [6, 6.07) is 9.36. The van der Waals surface area contributed by atoms with Gasteiger partial charge in [0.2, 0.25) is 0 Å². The lowest BCUT2D eigenvalue weighted by molar-refractivity contribution is 0.157. The van der Waals surface area contributed by atoms with Crippen LogP contribution in [-0.4, -0.2) is 48.1 Å². The minimum Gasteiger partial charge on any atom is -0.326 e. The van der Waals surface area contributed by atoms with Gasteiger partial charge in [-0.05, 0) is 57.0 Å². The molecule has 116 valence electrons. The molecule has 21 heavy (non-hydrogen) atoms. The summed E-state index contributed by atoms with van der Waals surface area (Å²) in [5.41, 5.74) is 7.63. The van der Waals surface area contributed by atoms with Gasteiger partial charge in [-0.25, -0.2) is 0 Å². The Labute approximate surface area is 133 Å². The van der Waals surface area contributed by atoms with Crippen LogP contribution in [0, 0.1) is 0 Å². The van der Waals surface area contributed by atoms with Gasteiger partial charge in [0.25, 0.3) is 0 Å². The third kappa shape index (κ3) is 3.42. The molecule has 0 aromatic heterocycles. The largest absolute Gasteiger partial charge is 0.326 e. The second-order valence-corrected chi connectivity index (χ2v) is 6.97. The van der Waals surface area contributed by atoms with Crippen LogP contribution >= 0.6 is 11.6 Å². The topological polar surface area (TPSA) is 32.5 Å². The summed E-state index contributed by atoms with van der Waals surface area (Å²) in [6.07, 6.45) is 3.93. The smallest absolute Gasteiger partial charge is 0.0497 e.